The van der Waals surface area contributed by atoms with Crippen molar-refractivity contribution in [2.24, 2.45) is 0 Å². The molecule has 1 fully saturated rings. The summed E-state index contributed by atoms with van der Waals surface area (Å²) < 4.78 is 13.1. The summed E-state index contributed by atoms with van der Waals surface area (Å²) in [5, 5.41) is 3.12. The van der Waals surface area contributed by atoms with Crippen molar-refractivity contribution in [3.05, 3.63) is 70.5 Å². The second-order valence-electron chi connectivity index (χ2n) is 8.60. The Hall–Kier alpha value is -2.73. The molecule has 0 spiro atoms. The summed E-state index contributed by atoms with van der Waals surface area (Å²) in [6, 6.07) is 12.2. The number of amides is 2. The highest BCUT2D eigenvalue weighted by atomic mass is 19.1. The van der Waals surface area contributed by atoms with Gasteiger partial charge >= 0.3 is 0 Å². The van der Waals surface area contributed by atoms with Crippen LogP contribution in [0.25, 0.3) is 0 Å². The summed E-state index contributed by atoms with van der Waals surface area (Å²) in [5.41, 5.74) is 4.52. The Labute approximate surface area is 183 Å². The van der Waals surface area contributed by atoms with Gasteiger partial charge in [-0.15, -0.1) is 0 Å². The van der Waals surface area contributed by atoms with E-state index in [4.69, 9.17) is 0 Å². The van der Waals surface area contributed by atoms with Gasteiger partial charge in [0.2, 0.25) is 5.91 Å². The van der Waals surface area contributed by atoms with E-state index >= 15 is 0 Å². The predicted octanol–water partition coefficient (Wildman–Crippen LogP) is 3.34. The van der Waals surface area contributed by atoms with E-state index in [9.17, 15) is 14.0 Å². The van der Waals surface area contributed by atoms with Gasteiger partial charge in [-0.2, -0.15) is 0 Å². The monoisotopic (exact) mass is 423 g/mol. The maximum absolute atomic E-state index is 13.1. The standard InChI is InChI=1S/C25H30FN3O2/c1-18(21-7-6-19-4-2-3-5-22(19)16-21)27-24(30)17-28-12-14-29(15-13-28)25(31)20-8-10-23(26)11-9-20/h6-11,16,18H,2-5,12-15,17H2,1H3,(H,27,30). The molecule has 2 aromatic carbocycles. The summed E-state index contributed by atoms with van der Waals surface area (Å²) in [6.07, 6.45) is 4.80. The Kier molecular flexibility index (Phi) is 6.66. The second kappa shape index (κ2) is 9.60. The highest BCUT2D eigenvalue weighted by molar-refractivity contribution is 5.94. The van der Waals surface area contributed by atoms with Gasteiger partial charge in [0.15, 0.2) is 0 Å². The maximum Gasteiger partial charge on any atom is 0.253 e. The lowest BCUT2D eigenvalue weighted by molar-refractivity contribution is -0.123. The van der Waals surface area contributed by atoms with E-state index < -0.39 is 0 Å². The van der Waals surface area contributed by atoms with Crippen LogP contribution in [0.3, 0.4) is 0 Å². The van der Waals surface area contributed by atoms with E-state index in [1.807, 2.05) is 6.92 Å². The van der Waals surface area contributed by atoms with E-state index in [1.54, 1.807) is 4.90 Å². The number of nitrogens with one attached hydrogen (secondary N) is 1. The molecule has 4 rings (SSSR count). The summed E-state index contributed by atoms with van der Waals surface area (Å²) >= 11 is 0. The van der Waals surface area contributed by atoms with Crippen LogP contribution in [-0.4, -0.2) is 54.3 Å². The van der Waals surface area contributed by atoms with Crippen LogP contribution in [0.5, 0.6) is 0 Å². The molecule has 0 bridgehead atoms. The van der Waals surface area contributed by atoms with Crippen LogP contribution >= 0.6 is 0 Å². The number of aryl methyl sites for hydroxylation is 2. The fourth-order valence-corrected chi connectivity index (χ4v) is 4.48. The maximum atomic E-state index is 13.1. The van der Waals surface area contributed by atoms with Crippen molar-refractivity contribution in [2.75, 3.05) is 32.7 Å². The van der Waals surface area contributed by atoms with Gasteiger partial charge in [-0.05, 0) is 73.6 Å². The van der Waals surface area contributed by atoms with Crippen molar-refractivity contribution in [3.63, 3.8) is 0 Å². The Morgan fingerprint density at radius 1 is 0.968 bits per heavy atom. The first kappa shape index (κ1) is 21.5. The van der Waals surface area contributed by atoms with Crippen LogP contribution in [0, 0.1) is 5.82 Å². The number of carbonyl (C=O) groups excluding carboxylic acids is 2. The fourth-order valence-electron chi connectivity index (χ4n) is 4.48. The molecule has 1 atom stereocenters. The second-order valence-corrected chi connectivity index (χ2v) is 8.60. The van der Waals surface area contributed by atoms with Crippen LogP contribution in [0.15, 0.2) is 42.5 Å². The van der Waals surface area contributed by atoms with E-state index in [-0.39, 0.29) is 23.7 Å². The van der Waals surface area contributed by atoms with E-state index in [1.165, 1.54) is 48.2 Å². The molecule has 1 N–H and O–H groups in total. The summed E-state index contributed by atoms with van der Waals surface area (Å²) in [5.74, 6) is -0.439. The zero-order valence-corrected chi connectivity index (χ0v) is 18.1. The molecule has 2 amide bonds. The number of piperazine rings is 1. The van der Waals surface area contributed by atoms with Gasteiger partial charge in [0.05, 0.1) is 12.6 Å². The largest absolute Gasteiger partial charge is 0.348 e. The SMILES string of the molecule is CC(NC(=O)CN1CCN(C(=O)c2ccc(F)cc2)CC1)c1ccc2c(c1)CCCC2. The highest BCUT2D eigenvalue weighted by Gasteiger charge is 2.24. The molecule has 1 heterocycles. The van der Waals surface area contributed by atoms with Crippen molar-refractivity contribution in [2.45, 2.75) is 38.6 Å². The molecule has 2 aromatic rings. The first-order chi connectivity index (χ1) is 15.0. The number of nitrogens with zero attached hydrogens (tertiary/aromatic N) is 2. The van der Waals surface area contributed by atoms with Gasteiger partial charge < -0.3 is 10.2 Å². The van der Waals surface area contributed by atoms with E-state index in [0.717, 1.165) is 18.4 Å². The lowest BCUT2D eigenvalue weighted by Crippen LogP contribution is -2.51. The van der Waals surface area contributed by atoms with Gasteiger partial charge in [0.1, 0.15) is 5.82 Å². The van der Waals surface area contributed by atoms with Crippen LogP contribution in [0.2, 0.25) is 0 Å². The van der Waals surface area contributed by atoms with Gasteiger partial charge in [-0.3, -0.25) is 14.5 Å². The quantitative estimate of drug-likeness (QED) is 0.803. The van der Waals surface area contributed by atoms with Crippen molar-refractivity contribution >= 4 is 11.8 Å². The Bertz CT molecular complexity index is 936. The van der Waals surface area contributed by atoms with Crippen molar-refractivity contribution in [1.29, 1.82) is 0 Å². The molecule has 1 unspecified atom stereocenters. The lowest BCUT2D eigenvalue weighted by Gasteiger charge is -2.34. The molecule has 0 aromatic heterocycles. The summed E-state index contributed by atoms with van der Waals surface area (Å²) in [4.78, 5) is 29.0. The zero-order chi connectivity index (χ0) is 21.8. The topological polar surface area (TPSA) is 52.7 Å². The molecule has 0 saturated carbocycles. The molecule has 31 heavy (non-hydrogen) atoms. The fraction of sp³-hybridized carbons (Fsp3) is 0.440. The van der Waals surface area contributed by atoms with Gasteiger partial charge in [0, 0.05) is 31.7 Å². The third-order valence-corrected chi connectivity index (χ3v) is 6.37. The first-order valence-corrected chi connectivity index (χ1v) is 11.2. The molecular weight excluding hydrogens is 393 g/mol. The van der Waals surface area contributed by atoms with Crippen molar-refractivity contribution < 1.29 is 14.0 Å². The minimum absolute atomic E-state index is 0.00327. The van der Waals surface area contributed by atoms with Crippen LogP contribution in [-0.2, 0) is 17.6 Å². The molecule has 1 saturated heterocycles. The van der Waals surface area contributed by atoms with Gasteiger partial charge in [-0.1, -0.05) is 18.2 Å². The minimum atomic E-state index is -0.350. The number of fused-ring (bicyclic) bond motifs is 1. The average Bonchev–Trinajstić information content (AvgIpc) is 2.79. The van der Waals surface area contributed by atoms with Crippen LogP contribution in [0.4, 0.5) is 4.39 Å². The number of hydrogen-bond donors (Lipinski definition) is 1. The number of rotatable bonds is 5. The normalized spacial score (nSPS) is 17.7. The predicted molar refractivity (Wildman–Crippen MR) is 118 cm³/mol. The third kappa shape index (κ3) is 5.31. The first-order valence-electron chi connectivity index (χ1n) is 11.2. The number of halogens is 1. The van der Waals surface area contributed by atoms with Crippen molar-refractivity contribution in [3.8, 4) is 0 Å². The molecule has 0 radical (unpaired) electrons. The molecule has 1 aliphatic carbocycles. The lowest BCUT2D eigenvalue weighted by atomic mass is 9.89. The number of benzene rings is 2. The summed E-state index contributed by atoms with van der Waals surface area (Å²) in [6.45, 7) is 4.77. The highest BCUT2D eigenvalue weighted by Crippen LogP contribution is 2.24. The molecule has 2 aliphatic rings. The van der Waals surface area contributed by atoms with Crippen LogP contribution < -0.4 is 5.32 Å². The number of carbonyl (C=O) groups is 2. The molecule has 1 aliphatic heterocycles. The molecule has 164 valence electrons. The Morgan fingerprint density at radius 2 is 1.65 bits per heavy atom. The summed E-state index contributed by atoms with van der Waals surface area (Å²) in [7, 11) is 0. The minimum Gasteiger partial charge on any atom is -0.348 e. The van der Waals surface area contributed by atoms with Crippen molar-refractivity contribution in [1.82, 2.24) is 15.1 Å². The zero-order valence-electron chi connectivity index (χ0n) is 18.1. The third-order valence-electron chi connectivity index (χ3n) is 6.37. The van der Waals surface area contributed by atoms with E-state index in [2.05, 4.69) is 28.4 Å². The van der Waals surface area contributed by atoms with Gasteiger partial charge in [-0.25, -0.2) is 4.39 Å². The molecule has 5 nitrogen and oxygen atoms in total. The van der Waals surface area contributed by atoms with Gasteiger partial charge in [0.25, 0.3) is 5.91 Å². The Morgan fingerprint density at radius 3 is 2.35 bits per heavy atom. The molecular formula is C25H30FN3O2. The number of hydrogen-bond acceptors (Lipinski definition) is 3. The molecule has 6 heteroatoms. The Balaban J connectivity index is 1.25. The van der Waals surface area contributed by atoms with E-state index in [0.29, 0.717) is 38.3 Å². The van der Waals surface area contributed by atoms with Crippen LogP contribution in [0.1, 0.15) is 52.9 Å². The average molecular weight is 424 g/mol. The smallest absolute Gasteiger partial charge is 0.253 e.